The van der Waals surface area contributed by atoms with E-state index in [-0.39, 0.29) is 0 Å². The number of rotatable bonds is 6. The minimum atomic E-state index is -1.01. The lowest BCUT2D eigenvalue weighted by molar-refractivity contribution is -0.139. The Morgan fingerprint density at radius 2 is 2.05 bits per heavy atom. The molecular formula is C14H20N2O3. The van der Waals surface area contributed by atoms with Crippen LogP contribution in [0.3, 0.4) is 0 Å². The van der Waals surface area contributed by atoms with Crippen molar-refractivity contribution in [3.8, 4) is 0 Å². The van der Waals surface area contributed by atoms with Gasteiger partial charge in [0.15, 0.2) is 0 Å². The number of carboxylic acid groups (broad SMARTS) is 1. The number of aryl methyl sites for hydroxylation is 1. The first-order chi connectivity index (χ1) is 9.06. The first-order valence-electron chi connectivity index (χ1n) is 6.46. The Balaban J connectivity index is 2.60. The van der Waals surface area contributed by atoms with Gasteiger partial charge in [-0.25, -0.2) is 9.59 Å². The largest absolute Gasteiger partial charge is 0.480 e. The van der Waals surface area contributed by atoms with Crippen molar-refractivity contribution >= 4 is 17.7 Å². The molecule has 0 spiro atoms. The van der Waals surface area contributed by atoms with Crippen LogP contribution < -0.4 is 10.6 Å². The quantitative estimate of drug-likeness (QED) is 0.739. The van der Waals surface area contributed by atoms with Gasteiger partial charge in [-0.3, -0.25) is 0 Å². The molecule has 0 aliphatic heterocycles. The predicted molar refractivity (Wildman–Crippen MR) is 74.3 cm³/mol. The Hall–Kier alpha value is -2.04. The summed E-state index contributed by atoms with van der Waals surface area (Å²) < 4.78 is 0. The molecular weight excluding hydrogens is 244 g/mol. The molecule has 0 aliphatic carbocycles. The monoisotopic (exact) mass is 264 g/mol. The molecule has 0 heterocycles. The Labute approximate surface area is 113 Å². The molecule has 5 nitrogen and oxygen atoms in total. The number of urea groups is 1. The second-order valence-electron chi connectivity index (χ2n) is 4.33. The number of carbonyl (C=O) groups is 2. The topological polar surface area (TPSA) is 78.4 Å². The van der Waals surface area contributed by atoms with Gasteiger partial charge in [-0.2, -0.15) is 0 Å². The highest BCUT2D eigenvalue weighted by Gasteiger charge is 2.18. The van der Waals surface area contributed by atoms with Crippen LogP contribution in [0.15, 0.2) is 24.3 Å². The summed E-state index contributed by atoms with van der Waals surface area (Å²) in [5.74, 6) is -1.01. The van der Waals surface area contributed by atoms with E-state index in [9.17, 15) is 9.59 Å². The standard InChI is InChI=1S/C14H20N2O3/c1-3-6-12(13(17)18)16-14(19)15-11-8-5-7-10(4-2)9-11/h5,7-9,12H,3-4,6H2,1-2H3,(H,17,18)(H2,15,16,19). The summed E-state index contributed by atoms with van der Waals surface area (Å²) in [6, 6.07) is 6.13. The fourth-order valence-corrected chi connectivity index (χ4v) is 1.74. The van der Waals surface area contributed by atoms with Crippen LogP contribution in [0.2, 0.25) is 0 Å². The second kappa shape index (κ2) is 7.41. The van der Waals surface area contributed by atoms with Crippen molar-refractivity contribution in [2.45, 2.75) is 39.2 Å². The fraction of sp³-hybridized carbons (Fsp3) is 0.429. The van der Waals surface area contributed by atoms with Crippen LogP contribution in [0.1, 0.15) is 32.3 Å². The number of benzene rings is 1. The first kappa shape index (κ1) is 15.0. The Bertz CT molecular complexity index is 446. The van der Waals surface area contributed by atoms with Crippen LogP contribution in [0.25, 0.3) is 0 Å². The summed E-state index contributed by atoms with van der Waals surface area (Å²) in [5, 5.41) is 14.1. The molecule has 0 radical (unpaired) electrons. The third kappa shape index (κ3) is 4.99. The van der Waals surface area contributed by atoms with E-state index in [1.54, 1.807) is 6.07 Å². The third-order valence-corrected chi connectivity index (χ3v) is 2.77. The van der Waals surface area contributed by atoms with Crippen molar-refractivity contribution in [2.24, 2.45) is 0 Å². The van der Waals surface area contributed by atoms with Crippen LogP contribution >= 0.6 is 0 Å². The smallest absolute Gasteiger partial charge is 0.326 e. The summed E-state index contributed by atoms with van der Waals surface area (Å²) in [6.07, 6.45) is 1.99. The summed E-state index contributed by atoms with van der Waals surface area (Å²) in [6.45, 7) is 3.90. The van der Waals surface area contributed by atoms with Crippen molar-refractivity contribution < 1.29 is 14.7 Å². The molecule has 0 fully saturated rings. The number of aliphatic carboxylic acids is 1. The summed E-state index contributed by atoms with van der Waals surface area (Å²) in [7, 11) is 0. The SMILES string of the molecule is CCCC(NC(=O)Nc1cccc(CC)c1)C(=O)O. The number of amides is 2. The molecule has 0 saturated carbocycles. The van der Waals surface area contributed by atoms with Gasteiger partial charge >= 0.3 is 12.0 Å². The minimum absolute atomic E-state index is 0.414. The van der Waals surface area contributed by atoms with E-state index < -0.39 is 18.0 Å². The Kier molecular flexibility index (Phi) is 5.85. The summed E-state index contributed by atoms with van der Waals surface area (Å²) >= 11 is 0. The van der Waals surface area contributed by atoms with Crippen molar-refractivity contribution in [1.82, 2.24) is 5.32 Å². The summed E-state index contributed by atoms with van der Waals surface area (Å²) in [5.41, 5.74) is 1.78. The van der Waals surface area contributed by atoms with Crippen LogP contribution in [0.5, 0.6) is 0 Å². The molecule has 1 aromatic rings. The lowest BCUT2D eigenvalue weighted by Gasteiger charge is -2.14. The number of anilines is 1. The minimum Gasteiger partial charge on any atom is -0.480 e. The molecule has 1 aromatic carbocycles. The highest BCUT2D eigenvalue weighted by atomic mass is 16.4. The molecule has 3 N–H and O–H groups in total. The Morgan fingerprint density at radius 1 is 1.32 bits per heavy atom. The van der Waals surface area contributed by atoms with Gasteiger partial charge in [0.2, 0.25) is 0 Å². The molecule has 1 atom stereocenters. The zero-order valence-corrected chi connectivity index (χ0v) is 11.3. The molecule has 19 heavy (non-hydrogen) atoms. The van der Waals surface area contributed by atoms with Crippen molar-refractivity contribution in [1.29, 1.82) is 0 Å². The molecule has 0 aromatic heterocycles. The fourth-order valence-electron chi connectivity index (χ4n) is 1.74. The number of hydrogen-bond acceptors (Lipinski definition) is 2. The summed E-state index contributed by atoms with van der Waals surface area (Å²) in [4.78, 5) is 22.7. The van der Waals surface area contributed by atoms with Crippen LogP contribution in [0.4, 0.5) is 10.5 Å². The number of carbonyl (C=O) groups excluding carboxylic acids is 1. The third-order valence-electron chi connectivity index (χ3n) is 2.77. The molecule has 1 unspecified atom stereocenters. The maximum atomic E-state index is 11.7. The van der Waals surface area contributed by atoms with E-state index in [2.05, 4.69) is 10.6 Å². The maximum Gasteiger partial charge on any atom is 0.326 e. The lowest BCUT2D eigenvalue weighted by atomic mass is 10.1. The van der Waals surface area contributed by atoms with E-state index in [0.29, 0.717) is 18.5 Å². The van der Waals surface area contributed by atoms with Gasteiger partial charge in [0, 0.05) is 5.69 Å². The molecule has 5 heteroatoms. The van der Waals surface area contributed by atoms with Crippen LogP contribution in [-0.4, -0.2) is 23.1 Å². The van der Waals surface area contributed by atoms with Gasteiger partial charge in [0.1, 0.15) is 6.04 Å². The van der Waals surface area contributed by atoms with Crippen LogP contribution in [-0.2, 0) is 11.2 Å². The molecule has 0 bridgehead atoms. The molecule has 0 saturated heterocycles. The zero-order valence-electron chi connectivity index (χ0n) is 11.3. The van der Waals surface area contributed by atoms with Gasteiger partial charge < -0.3 is 15.7 Å². The first-order valence-corrected chi connectivity index (χ1v) is 6.46. The maximum absolute atomic E-state index is 11.7. The molecule has 2 amide bonds. The van der Waals surface area contributed by atoms with E-state index in [1.165, 1.54) is 0 Å². The van der Waals surface area contributed by atoms with Gasteiger partial charge in [0.25, 0.3) is 0 Å². The van der Waals surface area contributed by atoms with E-state index >= 15 is 0 Å². The highest BCUT2D eigenvalue weighted by molar-refractivity contribution is 5.92. The average molecular weight is 264 g/mol. The molecule has 1 rings (SSSR count). The van der Waals surface area contributed by atoms with Crippen molar-refractivity contribution in [3.05, 3.63) is 29.8 Å². The number of hydrogen-bond donors (Lipinski definition) is 3. The predicted octanol–water partition coefficient (Wildman–Crippen LogP) is 2.62. The van der Waals surface area contributed by atoms with Gasteiger partial charge in [-0.05, 0) is 30.5 Å². The van der Waals surface area contributed by atoms with E-state index in [4.69, 9.17) is 5.11 Å². The molecule has 104 valence electrons. The van der Waals surface area contributed by atoms with E-state index in [0.717, 1.165) is 12.0 Å². The number of carboxylic acids is 1. The highest BCUT2D eigenvalue weighted by Crippen LogP contribution is 2.11. The average Bonchev–Trinajstić information content (AvgIpc) is 2.38. The van der Waals surface area contributed by atoms with Crippen molar-refractivity contribution in [2.75, 3.05) is 5.32 Å². The van der Waals surface area contributed by atoms with Crippen LogP contribution in [0, 0.1) is 0 Å². The second-order valence-corrected chi connectivity index (χ2v) is 4.33. The zero-order chi connectivity index (χ0) is 14.3. The van der Waals surface area contributed by atoms with Gasteiger partial charge in [0.05, 0.1) is 0 Å². The normalized spacial score (nSPS) is 11.7. The number of nitrogens with one attached hydrogen (secondary N) is 2. The van der Waals surface area contributed by atoms with Gasteiger partial charge in [-0.15, -0.1) is 0 Å². The van der Waals surface area contributed by atoms with E-state index in [1.807, 2.05) is 32.0 Å². The Morgan fingerprint density at radius 3 is 2.63 bits per heavy atom. The van der Waals surface area contributed by atoms with Crippen molar-refractivity contribution in [3.63, 3.8) is 0 Å². The lowest BCUT2D eigenvalue weighted by Crippen LogP contribution is -2.42. The van der Waals surface area contributed by atoms with Gasteiger partial charge in [-0.1, -0.05) is 32.4 Å². The molecule has 0 aliphatic rings.